The van der Waals surface area contributed by atoms with Gasteiger partial charge in [-0.1, -0.05) is 18.2 Å². The summed E-state index contributed by atoms with van der Waals surface area (Å²) in [5.41, 5.74) is 2.07. The maximum Gasteiger partial charge on any atom is 0.277 e. The van der Waals surface area contributed by atoms with Crippen molar-refractivity contribution in [3.8, 4) is 0 Å². The third-order valence-corrected chi connectivity index (χ3v) is 5.31. The lowest BCUT2D eigenvalue weighted by molar-refractivity contribution is -0.169. The minimum Gasteiger partial charge on any atom is -0.347 e. The second kappa shape index (κ2) is 7.85. The molecule has 0 bridgehead atoms. The summed E-state index contributed by atoms with van der Waals surface area (Å²) in [4.78, 5) is 26.2. The summed E-state index contributed by atoms with van der Waals surface area (Å²) in [6.07, 6.45) is 1.55. The summed E-state index contributed by atoms with van der Waals surface area (Å²) in [6.45, 7) is 7.24. The zero-order valence-electron chi connectivity index (χ0n) is 16.4. The van der Waals surface area contributed by atoms with Crippen molar-refractivity contribution in [2.24, 2.45) is 0 Å². The van der Waals surface area contributed by atoms with E-state index in [9.17, 15) is 4.79 Å². The van der Waals surface area contributed by atoms with Crippen molar-refractivity contribution in [1.82, 2.24) is 9.97 Å². The van der Waals surface area contributed by atoms with Gasteiger partial charge < -0.3 is 19.3 Å². The Morgan fingerprint density at radius 1 is 1.14 bits per heavy atom. The fourth-order valence-electron chi connectivity index (χ4n) is 3.83. The molecule has 0 aliphatic carbocycles. The van der Waals surface area contributed by atoms with Crippen LogP contribution in [0.4, 0.5) is 11.6 Å². The Labute approximate surface area is 165 Å². The molecule has 1 aromatic heterocycles. The molecular formula is C21H26N4O3. The van der Waals surface area contributed by atoms with E-state index in [0.29, 0.717) is 31.4 Å². The maximum absolute atomic E-state index is 13.1. The number of carbonyl (C=O) groups excluding carboxylic acids is 1. The molecule has 7 nitrogen and oxygen atoms in total. The first-order valence-electron chi connectivity index (χ1n) is 9.86. The van der Waals surface area contributed by atoms with Gasteiger partial charge in [-0.25, -0.2) is 9.97 Å². The Kier molecular flexibility index (Phi) is 5.28. The smallest absolute Gasteiger partial charge is 0.277 e. The van der Waals surface area contributed by atoms with E-state index in [4.69, 9.17) is 9.47 Å². The number of anilines is 2. The highest BCUT2D eigenvalue weighted by Crippen LogP contribution is 2.32. The highest BCUT2D eigenvalue weighted by Gasteiger charge is 2.40. The first-order valence-corrected chi connectivity index (χ1v) is 9.86. The minimum atomic E-state index is -0.439. The predicted molar refractivity (Wildman–Crippen MR) is 107 cm³/mol. The number of hydrogen-bond acceptors (Lipinski definition) is 6. The number of benzene rings is 1. The molecule has 1 amide bonds. The number of nitrogens with zero attached hydrogens (tertiary/aromatic N) is 4. The van der Waals surface area contributed by atoms with Gasteiger partial charge in [0.1, 0.15) is 5.69 Å². The van der Waals surface area contributed by atoms with Crippen molar-refractivity contribution < 1.29 is 14.3 Å². The Hall–Kier alpha value is -2.51. The molecule has 2 aliphatic rings. The van der Waals surface area contributed by atoms with Crippen LogP contribution in [0.25, 0.3) is 0 Å². The van der Waals surface area contributed by atoms with Gasteiger partial charge in [0.25, 0.3) is 5.91 Å². The number of carbonyl (C=O) groups is 1. The average Bonchev–Trinajstić information content (AvgIpc) is 3.17. The normalized spacial score (nSPS) is 18.4. The number of aromatic nitrogens is 2. The van der Waals surface area contributed by atoms with Crippen LogP contribution in [0.3, 0.4) is 0 Å². The Bertz CT molecular complexity index is 827. The number of para-hydroxylation sites is 1. The van der Waals surface area contributed by atoms with Crippen LogP contribution in [0.1, 0.15) is 35.9 Å². The maximum atomic E-state index is 13.1. The van der Waals surface area contributed by atoms with Crippen molar-refractivity contribution in [3.63, 3.8) is 0 Å². The first-order chi connectivity index (χ1) is 13.6. The Morgan fingerprint density at radius 2 is 1.82 bits per heavy atom. The molecule has 2 fully saturated rings. The van der Waals surface area contributed by atoms with Gasteiger partial charge in [-0.3, -0.25) is 4.79 Å². The number of ether oxygens (including phenoxy) is 2. The molecule has 2 aliphatic heterocycles. The van der Waals surface area contributed by atoms with Crippen LogP contribution >= 0.6 is 0 Å². The largest absolute Gasteiger partial charge is 0.347 e. The highest BCUT2D eigenvalue weighted by molar-refractivity contribution is 6.04. The monoisotopic (exact) mass is 382 g/mol. The molecule has 2 aromatic rings. The first kappa shape index (κ1) is 18.8. The molecule has 1 aromatic carbocycles. The van der Waals surface area contributed by atoms with Gasteiger partial charge >= 0.3 is 0 Å². The fourth-order valence-corrected chi connectivity index (χ4v) is 3.83. The van der Waals surface area contributed by atoms with Gasteiger partial charge in [0.2, 0.25) is 5.95 Å². The number of aryl methyl sites for hydroxylation is 1. The van der Waals surface area contributed by atoms with Gasteiger partial charge in [-0.2, -0.15) is 0 Å². The molecule has 7 heteroatoms. The summed E-state index contributed by atoms with van der Waals surface area (Å²) < 4.78 is 11.6. The SMILES string of the molecule is CCN(C(=O)c1cc(C)nc(N2CCC3(CC2)OCCO3)n1)c1ccccc1. The fraction of sp³-hybridized carbons (Fsp3) is 0.476. The average molecular weight is 382 g/mol. The second-order valence-electron chi connectivity index (χ2n) is 7.17. The van der Waals surface area contributed by atoms with Crippen LogP contribution in [0.5, 0.6) is 0 Å². The summed E-state index contributed by atoms with van der Waals surface area (Å²) in [5, 5.41) is 0. The Morgan fingerprint density at radius 3 is 2.46 bits per heavy atom. The van der Waals surface area contributed by atoms with Crippen LogP contribution < -0.4 is 9.80 Å². The quantitative estimate of drug-likeness (QED) is 0.810. The lowest BCUT2D eigenvalue weighted by Gasteiger charge is -2.37. The molecule has 0 N–H and O–H groups in total. The van der Waals surface area contributed by atoms with E-state index in [1.165, 1.54) is 0 Å². The number of amides is 1. The zero-order chi connectivity index (χ0) is 19.6. The summed E-state index contributed by atoms with van der Waals surface area (Å²) in [7, 11) is 0. The van der Waals surface area contributed by atoms with Gasteiger partial charge in [-0.05, 0) is 32.0 Å². The lowest BCUT2D eigenvalue weighted by Crippen LogP contribution is -2.46. The topological polar surface area (TPSA) is 67.8 Å². The van der Waals surface area contributed by atoms with Crippen molar-refractivity contribution in [2.75, 3.05) is 42.6 Å². The van der Waals surface area contributed by atoms with Crippen LogP contribution in [-0.4, -0.2) is 54.5 Å². The predicted octanol–water partition coefficient (Wildman–Crippen LogP) is 2.80. The van der Waals surface area contributed by atoms with E-state index in [-0.39, 0.29) is 5.91 Å². The second-order valence-corrected chi connectivity index (χ2v) is 7.17. The molecule has 148 valence electrons. The van der Waals surface area contributed by atoms with Crippen LogP contribution in [0.2, 0.25) is 0 Å². The summed E-state index contributed by atoms with van der Waals surface area (Å²) in [6, 6.07) is 11.4. The molecule has 0 radical (unpaired) electrons. The summed E-state index contributed by atoms with van der Waals surface area (Å²) >= 11 is 0. The highest BCUT2D eigenvalue weighted by atomic mass is 16.7. The molecule has 0 unspecified atom stereocenters. The standard InChI is InChI=1S/C21H26N4O3/c1-3-25(17-7-5-4-6-8-17)19(26)18-15-16(2)22-20(23-18)24-11-9-21(10-12-24)27-13-14-28-21/h4-8,15H,3,9-14H2,1-2H3. The Balaban J connectivity index is 1.54. The van der Waals surface area contributed by atoms with Gasteiger partial charge in [0.15, 0.2) is 5.79 Å². The molecule has 0 saturated carbocycles. The van der Waals surface area contributed by atoms with Gasteiger partial charge in [-0.15, -0.1) is 0 Å². The van der Waals surface area contributed by atoms with Crippen LogP contribution in [-0.2, 0) is 9.47 Å². The van der Waals surface area contributed by atoms with E-state index in [2.05, 4.69) is 14.9 Å². The van der Waals surface area contributed by atoms with E-state index in [1.807, 2.05) is 44.2 Å². The number of piperidine rings is 1. The minimum absolute atomic E-state index is 0.114. The van der Waals surface area contributed by atoms with E-state index < -0.39 is 5.79 Å². The lowest BCUT2D eigenvalue weighted by atomic mass is 10.0. The molecule has 1 spiro atoms. The van der Waals surface area contributed by atoms with Gasteiger partial charge in [0, 0.05) is 43.9 Å². The molecule has 28 heavy (non-hydrogen) atoms. The third-order valence-electron chi connectivity index (χ3n) is 5.31. The molecule has 3 heterocycles. The molecule has 2 saturated heterocycles. The van der Waals surface area contributed by atoms with Gasteiger partial charge in [0.05, 0.1) is 13.2 Å². The van der Waals surface area contributed by atoms with E-state index >= 15 is 0 Å². The van der Waals surface area contributed by atoms with Crippen LogP contribution in [0.15, 0.2) is 36.4 Å². The van der Waals surface area contributed by atoms with E-state index in [1.54, 1.807) is 11.0 Å². The van der Waals surface area contributed by atoms with E-state index in [0.717, 1.165) is 37.3 Å². The molecule has 4 rings (SSSR count). The van der Waals surface area contributed by atoms with Crippen molar-refractivity contribution >= 4 is 17.5 Å². The van der Waals surface area contributed by atoms with Crippen molar-refractivity contribution in [1.29, 1.82) is 0 Å². The van der Waals surface area contributed by atoms with Crippen molar-refractivity contribution in [3.05, 3.63) is 47.8 Å². The molecule has 0 atom stereocenters. The van der Waals surface area contributed by atoms with Crippen LogP contribution in [0, 0.1) is 6.92 Å². The zero-order valence-corrected chi connectivity index (χ0v) is 16.4. The number of rotatable bonds is 4. The number of hydrogen-bond donors (Lipinski definition) is 0. The molecular weight excluding hydrogens is 356 g/mol. The third kappa shape index (κ3) is 3.72. The summed E-state index contributed by atoms with van der Waals surface area (Å²) in [5.74, 6) is 0.0439. The van der Waals surface area contributed by atoms with Crippen molar-refractivity contribution in [2.45, 2.75) is 32.5 Å².